The average molecular weight is 369 g/mol. The normalized spacial score (nSPS) is 17.0. The molecule has 0 radical (unpaired) electrons. The van der Waals surface area contributed by atoms with Crippen LogP contribution in [0.1, 0.15) is 23.0 Å². The molecule has 1 amide bonds. The summed E-state index contributed by atoms with van der Waals surface area (Å²) in [6, 6.07) is 8.06. The quantitative estimate of drug-likeness (QED) is 0.823. The lowest BCUT2D eigenvalue weighted by atomic mass is 10.1. The summed E-state index contributed by atoms with van der Waals surface area (Å²) < 4.78 is 5.48. The Hall–Kier alpha value is -2.83. The van der Waals surface area contributed by atoms with Crippen LogP contribution in [0.3, 0.4) is 0 Å². The lowest BCUT2D eigenvalue weighted by Gasteiger charge is -2.41. The number of anilines is 2. The van der Waals surface area contributed by atoms with Gasteiger partial charge in [0.05, 0.1) is 24.1 Å². The van der Waals surface area contributed by atoms with Crippen LogP contribution >= 0.6 is 0 Å². The molecule has 1 aromatic carbocycles. The molecule has 1 fully saturated rings. The molecule has 1 aromatic heterocycles. The fourth-order valence-corrected chi connectivity index (χ4v) is 3.40. The third-order valence-electron chi connectivity index (χ3n) is 4.91. The summed E-state index contributed by atoms with van der Waals surface area (Å²) in [7, 11) is 5.45. The van der Waals surface area contributed by atoms with Gasteiger partial charge in [-0.25, -0.2) is 9.97 Å². The van der Waals surface area contributed by atoms with E-state index in [4.69, 9.17) is 4.74 Å². The van der Waals surface area contributed by atoms with Crippen molar-refractivity contribution >= 4 is 17.5 Å². The third-order valence-corrected chi connectivity index (χ3v) is 4.91. The highest BCUT2D eigenvalue weighted by molar-refractivity contribution is 5.95. The molecule has 0 N–H and O–H groups in total. The predicted molar refractivity (Wildman–Crippen MR) is 107 cm³/mol. The van der Waals surface area contributed by atoms with Gasteiger partial charge in [-0.2, -0.15) is 0 Å². The highest BCUT2D eigenvalue weighted by Gasteiger charge is 2.30. The molecule has 7 nitrogen and oxygen atoms in total. The zero-order valence-corrected chi connectivity index (χ0v) is 16.6. The molecule has 0 unspecified atom stereocenters. The van der Waals surface area contributed by atoms with Crippen LogP contribution in [0.15, 0.2) is 30.5 Å². The number of rotatable bonds is 4. The molecular weight excluding hydrogens is 342 g/mol. The molecule has 144 valence electrons. The van der Waals surface area contributed by atoms with Crippen molar-refractivity contribution in [3.8, 4) is 5.75 Å². The SMILES string of the molecule is COc1ccccc1N1CCN(C(=O)c2cnc(N(C)C)nc2C)[C@@H](C)C1. The van der Waals surface area contributed by atoms with Crippen molar-refractivity contribution in [2.75, 3.05) is 50.6 Å². The average Bonchev–Trinajstić information content (AvgIpc) is 2.67. The zero-order chi connectivity index (χ0) is 19.6. The fourth-order valence-electron chi connectivity index (χ4n) is 3.40. The number of benzene rings is 1. The van der Waals surface area contributed by atoms with Gasteiger partial charge in [-0.3, -0.25) is 4.79 Å². The van der Waals surface area contributed by atoms with Crippen molar-refractivity contribution in [3.05, 3.63) is 41.7 Å². The van der Waals surface area contributed by atoms with E-state index in [-0.39, 0.29) is 11.9 Å². The minimum atomic E-state index is -0.00928. The Kier molecular flexibility index (Phi) is 5.48. The first-order valence-corrected chi connectivity index (χ1v) is 9.12. The molecule has 1 aliphatic rings. The maximum absolute atomic E-state index is 13.1. The van der Waals surface area contributed by atoms with Crippen molar-refractivity contribution in [2.24, 2.45) is 0 Å². The highest BCUT2D eigenvalue weighted by atomic mass is 16.5. The van der Waals surface area contributed by atoms with Gasteiger partial charge in [0.1, 0.15) is 5.75 Å². The van der Waals surface area contributed by atoms with Crippen LogP contribution in [0.4, 0.5) is 11.6 Å². The maximum Gasteiger partial charge on any atom is 0.257 e. The van der Waals surface area contributed by atoms with Gasteiger partial charge < -0.3 is 19.4 Å². The first-order chi connectivity index (χ1) is 12.9. The van der Waals surface area contributed by atoms with E-state index < -0.39 is 0 Å². The number of hydrogen-bond acceptors (Lipinski definition) is 6. The summed E-state index contributed by atoms with van der Waals surface area (Å²) in [6.45, 7) is 6.09. The van der Waals surface area contributed by atoms with E-state index in [1.165, 1.54) is 0 Å². The monoisotopic (exact) mass is 369 g/mol. The van der Waals surface area contributed by atoms with E-state index in [1.807, 2.05) is 49.0 Å². The van der Waals surface area contributed by atoms with E-state index >= 15 is 0 Å². The number of carbonyl (C=O) groups excluding carboxylic acids is 1. The Morgan fingerprint density at radius 3 is 2.63 bits per heavy atom. The summed E-state index contributed by atoms with van der Waals surface area (Å²) in [5.74, 6) is 1.45. The fraction of sp³-hybridized carbons (Fsp3) is 0.450. The molecule has 1 aliphatic heterocycles. The number of carbonyl (C=O) groups is 1. The van der Waals surface area contributed by atoms with Gasteiger partial charge >= 0.3 is 0 Å². The van der Waals surface area contributed by atoms with E-state index in [2.05, 4.69) is 27.9 Å². The van der Waals surface area contributed by atoms with Crippen LogP contribution in [0.5, 0.6) is 5.75 Å². The Morgan fingerprint density at radius 1 is 1.26 bits per heavy atom. The number of ether oxygens (including phenoxy) is 1. The number of hydrogen-bond donors (Lipinski definition) is 0. The van der Waals surface area contributed by atoms with Crippen molar-refractivity contribution < 1.29 is 9.53 Å². The van der Waals surface area contributed by atoms with Gasteiger partial charge in [0.2, 0.25) is 5.95 Å². The Morgan fingerprint density at radius 2 is 2.00 bits per heavy atom. The highest BCUT2D eigenvalue weighted by Crippen LogP contribution is 2.29. The van der Waals surface area contributed by atoms with Gasteiger partial charge in [-0.15, -0.1) is 0 Å². The number of aromatic nitrogens is 2. The summed E-state index contributed by atoms with van der Waals surface area (Å²) in [5, 5.41) is 0. The van der Waals surface area contributed by atoms with Crippen LogP contribution in [0.2, 0.25) is 0 Å². The smallest absolute Gasteiger partial charge is 0.257 e. The summed E-state index contributed by atoms with van der Waals surface area (Å²) >= 11 is 0. The largest absolute Gasteiger partial charge is 0.495 e. The van der Waals surface area contributed by atoms with Gasteiger partial charge in [0, 0.05) is 46.0 Å². The second kappa shape index (κ2) is 7.82. The third kappa shape index (κ3) is 3.82. The van der Waals surface area contributed by atoms with E-state index in [0.29, 0.717) is 23.8 Å². The van der Waals surface area contributed by atoms with Gasteiger partial charge in [-0.1, -0.05) is 12.1 Å². The number of piperazine rings is 1. The molecule has 2 aromatic rings. The molecule has 2 heterocycles. The second-order valence-electron chi connectivity index (χ2n) is 7.03. The standard InChI is InChI=1S/C20H27N5O2/c1-14-13-24(17-8-6-7-9-18(17)27-5)10-11-25(14)19(26)16-12-21-20(23(3)4)22-15(16)2/h6-9,12,14H,10-11,13H2,1-5H3/t14-/m0/s1. The second-order valence-corrected chi connectivity index (χ2v) is 7.03. The molecule has 3 rings (SSSR count). The maximum atomic E-state index is 13.1. The summed E-state index contributed by atoms with van der Waals surface area (Å²) in [6.07, 6.45) is 1.64. The van der Waals surface area contributed by atoms with Crippen molar-refractivity contribution in [3.63, 3.8) is 0 Å². The first-order valence-electron chi connectivity index (χ1n) is 9.12. The molecule has 0 bridgehead atoms. The van der Waals surface area contributed by atoms with E-state index in [9.17, 15) is 4.79 Å². The number of amides is 1. The van der Waals surface area contributed by atoms with E-state index in [0.717, 1.165) is 24.5 Å². The molecule has 0 saturated carbocycles. The summed E-state index contributed by atoms with van der Waals surface area (Å²) in [5.41, 5.74) is 2.34. The van der Waals surface area contributed by atoms with Crippen LogP contribution in [0, 0.1) is 6.92 Å². The Labute approximate surface area is 160 Å². The molecule has 0 spiro atoms. The Bertz CT molecular complexity index is 824. The molecule has 1 atom stereocenters. The first kappa shape index (κ1) is 18.9. The number of nitrogens with zero attached hydrogens (tertiary/aromatic N) is 5. The minimum Gasteiger partial charge on any atom is -0.495 e. The van der Waals surface area contributed by atoms with Crippen LogP contribution in [-0.4, -0.2) is 67.7 Å². The topological polar surface area (TPSA) is 61.8 Å². The number of para-hydroxylation sites is 2. The molecule has 27 heavy (non-hydrogen) atoms. The number of aryl methyl sites for hydroxylation is 1. The van der Waals surface area contributed by atoms with Crippen molar-refractivity contribution in [1.82, 2.24) is 14.9 Å². The van der Waals surface area contributed by atoms with Gasteiger partial charge in [0.15, 0.2) is 0 Å². The predicted octanol–water partition coefficient (Wildman–Crippen LogP) is 2.21. The molecular formula is C20H27N5O2. The lowest BCUT2D eigenvalue weighted by Crippen LogP contribution is -2.54. The van der Waals surface area contributed by atoms with E-state index in [1.54, 1.807) is 13.3 Å². The van der Waals surface area contributed by atoms with Crippen molar-refractivity contribution in [2.45, 2.75) is 19.9 Å². The van der Waals surface area contributed by atoms with Crippen LogP contribution in [0.25, 0.3) is 0 Å². The van der Waals surface area contributed by atoms with Crippen LogP contribution < -0.4 is 14.5 Å². The van der Waals surface area contributed by atoms with Gasteiger partial charge in [-0.05, 0) is 26.0 Å². The molecule has 1 saturated heterocycles. The lowest BCUT2D eigenvalue weighted by molar-refractivity contribution is 0.0672. The Balaban J connectivity index is 1.76. The zero-order valence-electron chi connectivity index (χ0n) is 16.6. The number of methoxy groups -OCH3 is 1. The summed E-state index contributed by atoms with van der Waals surface area (Å²) in [4.78, 5) is 27.8. The van der Waals surface area contributed by atoms with Crippen LogP contribution in [-0.2, 0) is 0 Å². The minimum absolute atomic E-state index is 0.00928. The van der Waals surface area contributed by atoms with Crippen molar-refractivity contribution in [1.29, 1.82) is 0 Å². The molecule has 0 aliphatic carbocycles. The van der Waals surface area contributed by atoms with Gasteiger partial charge in [0.25, 0.3) is 5.91 Å². The molecule has 7 heteroatoms.